The van der Waals surface area contributed by atoms with Crippen LogP contribution >= 0.6 is 31.9 Å². The lowest BCUT2D eigenvalue weighted by atomic mass is 10.5. The normalized spacial score (nSPS) is 12.8. The summed E-state index contributed by atoms with van der Waals surface area (Å²) in [6.45, 7) is -0.313. The topological polar surface area (TPSA) is 57.5 Å². The number of carboxylic acids is 1. The van der Waals surface area contributed by atoms with Crippen LogP contribution in [0.1, 0.15) is 0 Å². The van der Waals surface area contributed by atoms with Gasteiger partial charge in [-0.1, -0.05) is 15.9 Å². The van der Waals surface area contributed by atoms with Crippen molar-refractivity contribution in [1.82, 2.24) is 0 Å². The lowest BCUT2D eigenvalue weighted by Crippen LogP contribution is -1.97. The highest BCUT2D eigenvalue weighted by Crippen LogP contribution is 2.16. The first-order valence-corrected chi connectivity index (χ1v) is 3.56. The molecule has 0 aliphatic heterocycles. The molecule has 0 saturated heterocycles. The SMILES string of the molecule is O=C(O)/C(Br)=C(/Br)CO. The van der Waals surface area contributed by atoms with Crippen LogP contribution in [0.4, 0.5) is 0 Å². The third-order valence-electron chi connectivity index (χ3n) is 0.565. The Balaban J connectivity index is 4.28. The van der Waals surface area contributed by atoms with E-state index in [0.29, 0.717) is 0 Å². The quantitative estimate of drug-likeness (QED) is 0.730. The molecule has 52 valence electrons. The molecule has 0 aromatic carbocycles. The molecule has 9 heavy (non-hydrogen) atoms. The zero-order valence-corrected chi connectivity index (χ0v) is 7.44. The van der Waals surface area contributed by atoms with Gasteiger partial charge >= 0.3 is 5.97 Å². The molecule has 5 heteroatoms. The Bertz CT molecular complexity index is 152. The van der Waals surface area contributed by atoms with Gasteiger partial charge in [-0.2, -0.15) is 0 Å². The summed E-state index contributed by atoms with van der Waals surface area (Å²) in [7, 11) is 0. The van der Waals surface area contributed by atoms with E-state index >= 15 is 0 Å². The highest BCUT2D eigenvalue weighted by molar-refractivity contribution is 9.14. The zero-order chi connectivity index (χ0) is 7.44. The van der Waals surface area contributed by atoms with E-state index in [1.165, 1.54) is 0 Å². The molecule has 0 aromatic heterocycles. The smallest absolute Gasteiger partial charge is 0.343 e. The van der Waals surface area contributed by atoms with Crippen LogP contribution in [0.5, 0.6) is 0 Å². The molecule has 3 nitrogen and oxygen atoms in total. The standard InChI is InChI=1S/C4H4Br2O3/c5-2(1-7)3(6)4(8)9/h7H,1H2,(H,8,9)/b3-2-. The molecule has 0 atom stereocenters. The highest BCUT2D eigenvalue weighted by atomic mass is 79.9. The van der Waals surface area contributed by atoms with E-state index < -0.39 is 5.97 Å². The first kappa shape index (κ1) is 9.13. The zero-order valence-electron chi connectivity index (χ0n) is 4.27. The highest BCUT2D eigenvalue weighted by Gasteiger charge is 2.06. The lowest BCUT2D eigenvalue weighted by molar-refractivity contribution is -0.131. The number of halogens is 2. The molecular formula is C4H4Br2O3. The summed E-state index contributed by atoms with van der Waals surface area (Å²) in [6.07, 6.45) is 0. The van der Waals surface area contributed by atoms with Crippen molar-refractivity contribution in [3.05, 3.63) is 8.96 Å². The Kier molecular flexibility index (Phi) is 4.09. The molecule has 0 fully saturated rings. The maximum Gasteiger partial charge on any atom is 0.343 e. The fourth-order valence-electron chi connectivity index (χ4n) is 0.185. The van der Waals surface area contributed by atoms with Gasteiger partial charge in [-0.3, -0.25) is 0 Å². The maximum atomic E-state index is 10.1. The fraction of sp³-hybridized carbons (Fsp3) is 0.250. The molecule has 0 saturated carbocycles. The molecule has 0 rings (SSSR count). The molecule has 0 unspecified atom stereocenters. The monoisotopic (exact) mass is 258 g/mol. The predicted octanol–water partition coefficient (Wildman–Crippen LogP) is 1.06. The number of aliphatic hydroxyl groups is 1. The number of hydrogen-bond acceptors (Lipinski definition) is 2. The average molecular weight is 260 g/mol. The Labute approximate surface area is 68.6 Å². The van der Waals surface area contributed by atoms with Crippen LogP contribution in [0.15, 0.2) is 8.96 Å². The van der Waals surface area contributed by atoms with E-state index in [1.807, 2.05) is 0 Å². The van der Waals surface area contributed by atoms with Gasteiger partial charge in [0.15, 0.2) is 0 Å². The maximum absolute atomic E-state index is 10.1. The molecule has 0 aliphatic carbocycles. The van der Waals surface area contributed by atoms with Gasteiger partial charge in [0.1, 0.15) is 4.48 Å². The molecule has 0 radical (unpaired) electrons. The fourth-order valence-corrected chi connectivity index (χ4v) is 0.480. The van der Waals surface area contributed by atoms with Crippen LogP contribution in [0.3, 0.4) is 0 Å². The molecule has 2 N–H and O–H groups in total. The van der Waals surface area contributed by atoms with Crippen molar-refractivity contribution in [3.8, 4) is 0 Å². The van der Waals surface area contributed by atoms with Gasteiger partial charge in [0, 0.05) is 4.48 Å². The van der Waals surface area contributed by atoms with Crippen LogP contribution in [-0.4, -0.2) is 22.8 Å². The lowest BCUT2D eigenvalue weighted by Gasteiger charge is -1.92. The van der Waals surface area contributed by atoms with Crippen molar-refractivity contribution in [2.24, 2.45) is 0 Å². The number of hydrogen-bond donors (Lipinski definition) is 2. The third-order valence-corrected chi connectivity index (χ3v) is 2.56. The molecule has 0 aliphatic rings. The summed E-state index contributed by atoms with van der Waals surface area (Å²) in [5.74, 6) is -1.10. The van der Waals surface area contributed by atoms with Crippen LogP contribution in [-0.2, 0) is 4.79 Å². The number of carbonyl (C=O) groups is 1. The van der Waals surface area contributed by atoms with Gasteiger partial charge in [-0.05, 0) is 15.9 Å². The molecule has 0 amide bonds. The minimum absolute atomic E-state index is 0.0509. The van der Waals surface area contributed by atoms with Gasteiger partial charge in [-0.25, -0.2) is 4.79 Å². The van der Waals surface area contributed by atoms with Gasteiger partial charge < -0.3 is 10.2 Å². The Hall–Kier alpha value is 0.130. The second-order valence-corrected chi connectivity index (χ2v) is 2.93. The number of aliphatic hydroxyl groups excluding tert-OH is 1. The summed E-state index contributed by atoms with van der Waals surface area (Å²) < 4.78 is 0.181. The van der Waals surface area contributed by atoms with Crippen molar-refractivity contribution >= 4 is 37.8 Å². The van der Waals surface area contributed by atoms with E-state index in [9.17, 15) is 4.79 Å². The van der Waals surface area contributed by atoms with Gasteiger partial charge in [0.2, 0.25) is 0 Å². The van der Waals surface area contributed by atoms with Crippen molar-refractivity contribution < 1.29 is 15.0 Å². The molecular weight excluding hydrogens is 256 g/mol. The number of carboxylic acid groups (broad SMARTS) is 1. The van der Waals surface area contributed by atoms with E-state index in [4.69, 9.17) is 10.2 Å². The van der Waals surface area contributed by atoms with Crippen LogP contribution in [0.2, 0.25) is 0 Å². The van der Waals surface area contributed by atoms with Crippen LogP contribution < -0.4 is 0 Å². The summed E-state index contributed by atoms with van der Waals surface area (Å²) in [6, 6.07) is 0. The summed E-state index contributed by atoms with van der Waals surface area (Å²) in [5.41, 5.74) is 0. The predicted molar refractivity (Wildman–Crippen MR) is 39.6 cm³/mol. The van der Waals surface area contributed by atoms with Crippen molar-refractivity contribution in [2.45, 2.75) is 0 Å². The second kappa shape index (κ2) is 4.03. The molecule has 0 bridgehead atoms. The van der Waals surface area contributed by atoms with E-state index in [1.54, 1.807) is 0 Å². The van der Waals surface area contributed by atoms with Gasteiger partial charge in [0.05, 0.1) is 6.61 Å². The Morgan fingerprint density at radius 1 is 1.44 bits per heavy atom. The second-order valence-electron chi connectivity index (χ2n) is 1.18. The van der Waals surface area contributed by atoms with E-state index in [0.717, 1.165) is 0 Å². The van der Waals surface area contributed by atoms with Crippen LogP contribution in [0.25, 0.3) is 0 Å². The first-order chi connectivity index (χ1) is 4.09. The number of aliphatic carboxylic acids is 1. The Morgan fingerprint density at radius 2 is 1.89 bits per heavy atom. The minimum Gasteiger partial charge on any atom is -0.477 e. The summed E-state index contributed by atoms with van der Waals surface area (Å²) in [4.78, 5) is 10.1. The molecule has 0 aromatic rings. The molecule has 0 heterocycles. The first-order valence-electron chi connectivity index (χ1n) is 1.98. The van der Waals surface area contributed by atoms with Gasteiger partial charge in [-0.15, -0.1) is 0 Å². The van der Waals surface area contributed by atoms with Crippen molar-refractivity contribution in [2.75, 3.05) is 6.61 Å². The summed E-state index contributed by atoms with van der Waals surface area (Å²) in [5, 5.41) is 16.6. The van der Waals surface area contributed by atoms with Crippen LogP contribution in [0, 0.1) is 0 Å². The van der Waals surface area contributed by atoms with E-state index in [-0.39, 0.29) is 15.6 Å². The largest absolute Gasteiger partial charge is 0.477 e. The minimum atomic E-state index is -1.10. The summed E-state index contributed by atoms with van der Waals surface area (Å²) >= 11 is 5.59. The van der Waals surface area contributed by atoms with E-state index in [2.05, 4.69) is 31.9 Å². The van der Waals surface area contributed by atoms with Gasteiger partial charge in [0.25, 0.3) is 0 Å². The number of rotatable bonds is 2. The average Bonchev–Trinajstić information content (AvgIpc) is 1.84. The van der Waals surface area contributed by atoms with Crippen molar-refractivity contribution in [1.29, 1.82) is 0 Å². The Morgan fingerprint density at radius 3 is 2.00 bits per heavy atom. The van der Waals surface area contributed by atoms with Crippen molar-refractivity contribution in [3.63, 3.8) is 0 Å². The molecule has 0 spiro atoms. The third kappa shape index (κ3) is 2.98.